The van der Waals surface area contributed by atoms with Crippen LogP contribution >= 0.6 is 0 Å². The van der Waals surface area contributed by atoms with Gasteiger partial charge in [-0.15, -0.1) is 0 Å². The van der Waals surface area contributed by atoms with E-state index >= 15 is 0 Å². The van der Waals surface area contributed by atoms with E-state index in [1.54, 1.807) is 25.2 Å². The van der Waals surface area contributed by atoms with Crippen molar-refractivity contribution >= 4 is 28.3 Å². The Morgan fingerprint density at radius 3 is 2.36 bits per heavy atom. The molecule has 0 aliphatic rings. The standard InChI is InChI=1S/C32H30N4O3/c1-21-30(22(2)36(35-21)19-24-8-6-11-27(18-24)31(37)33-3)34-32(38)26-16-14-23(15-17-26)20-39-29-13-7-10-25-9-4-5-12-28(25)29/h4-18H,19-20H2,1-3H3,(H,33,37)(H,34,38). The molecule has 0 unspecified atom stereocenters. The summed E-state index contributed by atoms with van der Waals surface area (Å²) in [5.74, 6) is 0.492. The van der Waals surface area contributed by atoms with Crippen LogP contribution in [-0.4, -0.2) is 28.6 Å². The summed E-state index contributed by atoms with van der Waals surface area (Å²) in [5.41, 5.74) is 5.31. The fraction of sp³-hybridized carbons (Fsp3) is 0.156. The number of carbonyl (C=O) groups excluding carboxylic acids is 2. The van der Waals surface area contributed by atoms with Gasteiger partial charge in [-0.3, -0.25) is 14.3 Å². The number of anilines is 1. The summed E-state index contributed by atoms with van der Waals surface area (Å²) < 4.78 is 7.91. The average molecular weight is 519 g/mol. The average Bonchev–Trinajstić information content (AvgIpc) is 3.23. The van der Waals surface area contributed by atoms with Crippen LogP contribution in [0.25, 0.3) is 10.8 Å². The van der Waals surface area contributed by atoms with Gasteiger partial charge in [-0.05, 0) is 60.7 Å². The molecule has 0 radical (unpaired) electrons. The molecule has 1 aromatic heterocycles. The third-order valence-electron chi connectivity index (χ3n) is 6.73. The monoisotopic (exact) mass is 518 g/mol. The Morgan fingerprint density at radius 1 is 0.821 bits per heavy atom. The number of fused-ring (bicyclic) bond motifs is 1. The summed E-state index contributed by atoms with van der Waals surface area (Å²) in [4.78, 5) is 25.0. The third-order valence-corrected chi connectivity index (χ3v) is 6.73. The number of rotatable bonds is 8. The molecule has 1 heterocycles. The molecule has 0 fully saturated rings. The van der Waals surface area contributed by atoms with Crippen LogP contribution in [0.2, 0.25) is 0 Å². The smallest absolute Gasteiger partial charge is 0.255 e. The minimum atomic E-state index is -0.205. The first-order chi connectivity index (χ1) is 18.9. The molecule has 4 aromatic carbocycles. The molecule has 39 heavy (non-hydrogen) atoms. The second kappa shape index (κ2) is 11.2. The van der Waals surface area contributed by atoms with Gasteiger partial charge < -0.3 is 15.4 Å². The van der Waals surface area contributed by atoms with E-state index in [0.717, 1.165) is 39.0 Å². The molecular formula is C32H30N4O3. The summed E-state index contributed by atoms with van der Waals surface area (Å²) >= 11 is 0. The molecular weight excluding hydrogens is 488 g/mol. The van der Waals surface area contributed by atoms with Crippen molar-refractivity contribution in [1.82, 2.24) is 15.1 Å². The van der Waals surface area contributed by atoms with Gasteiger partial charge in [0.2, 0.25) is 0 Å². The van der Waals surface area contributed by atoms with E-state index in [-0.39, 0.29) is 11.8 Å². The lowest BCUT2D eigenvalue weighted by Crippen LogP contribution is -2.18. The Balaban J connectivity index is 1.24. The molecule has 7 heteroatoms. The van der Waals surface area contributed by atoms with Crippen LogP contribution in [0.15, 0.2) is 91.0 Å². The van der Waals surface area contributed by atoms with Gasteiger partial charge in [0.1, 0.15) is 12.4 Å². The number of aromatic nitrogens is 2. The first-order valence-electron chi connectivity index (χ1n) is 12.8. The van der Waals surface area contributed by atoms with Gasteiger partial charge in [-0.1, -0.05) is 60.7 Å². The number of carbonyl (C=O) groups is 2. The largest absolute Gasteiger partial charge is 0.488 e. The van der Waals surface area contributed by atoms with Gasteiger partial charge in [0, 0.05) is 23.6 Å². The zero-order valence-corrected chi connectivity index (χ0v) is 22.2. The predicted octanol–water partition coefficient (Wildman–Crippen LogP) is 5.89. The molecule has 2 N–H and O–H groups in total. The molecule has 0 atom stereocenters. The van der Waals surface area contributed by atoms with Crippen molar-refractivity contribution in [3.8, 4) is 5.75 Å². The number of benzene rings is 4. The van der Waals surface area contributed by atoms with Gasteiger partial charge in [-0.2, -0.15) is 5.10 Å². The number of aryl methyl sites for hydroxylation is 1. The van der Waals surface area contributed by atoms with Crippen molar-refractivity contribution in [2.75, 3.05) is 12.4 Å². The Hall–Kier alpha value is -4.91. The first-order valence-corrected chi connectivity index (χ1v) is 12.8. The highest BCUT2D eigenvalue weighted by Crippen LogP contribution is 2.26. The molecule has 0 spiro atoms. The van der Waals surface area contributed by atoms with E-state index in [1.165, 1.54) is 0 Å². The van der Waals surface area contributed by atoms with Crippen molar-refractivity contribution in [3.63, 3.8) is 0 Å². The van der Waals surface area contributed by atoms with Crippen LogP contribution in [-0.2, 0) is 13.2 Å². The second-order valence-corrected chi connectivity index (χ2v) is 9.40. The Morgan fingerprint density at radius 2 is 1.56 bits per heavy atom. The molecule has 7 nitrogen and oxygen atoms in total. The topological polar surface area (TPSA) is 85.3 Å². The Bertz CT molecular complexity index is 1650. The lowest BCUT2D eigenvalue weighted by molar-refractivity contribution is 0.0962. The maximum atomic E-state index is 13.1. The van der Waals surface area contributed by atoms with Gasteiger partial charge in [0.05, 0.1) is 23.6 Å². The number of hydrogen-bond donors (Lipinski definition) is 2. The molecule has 2 amide bonds. The molecule has 196 valence electrons. The van der Waals surface area contributed by atoms with E-state index in [0.29, 0.717) is 30.0 Å². The van der Waals surface area contributed by atoms with Crippen LogP contribution in [0.5, 0.6) is 5.75 Å². The number of amides is 2. The van der Waals surface area contributed by atoms with Crippen molar-refractivity contribution in [1.29, 1.82) is 0 Å². The number of ether oxygens (including phenoxy) is 1. The van der Waals surface area contributed by atoms with Gasteiger partial charge in [0.25, 0.3) is 11.8 Å². The molecule has 0 aliphatic carbocycles. The van der Waals surface area contributed by atoms with Crippen LogP contribution in [0.4, 0.5) is 5.69 Å². The van der Waals surface area contributed by atoms with E-state index in [1.807, 2.05) is 79.2 Å². The molecule has 0 saturated carbocycles. The normalized spacial score (nSPS) is 10.8. The zero-order valence-electron chi connectivity index (χ0n) is 22.2. The summed E-state index contributed by atoms with van der Waals surface area (Å²) in [5, 5.41) is 12.5. The van der Waals surface area contributed by atoms with Crippen molar-refractivity contribution in [2.24, 2.45) is 0 Å². The van der Waals surface area contributed by atoms with E-state index in [2.05, 4.69) is 27.9 Å². The highest BCUT2D eigenvalue weighted by atomic mass is 16.5. The van der Waals surface area contributed by atoms with Gasteiger partial charge >= 0.3 is 0 Å². The van der Waals surface area contributed by atoms with Gasteiger partial charge in [0.15, 0.2) is 0 Å². The molecule has 0 aliphatic heterocycles. The lowest BCUT2D eigenvalue weighted by atomic mass is 10.1. The fourth-order valence-corrected chi connectivity index (χ4v) is 4.58. The Labute approximate surface area is 227 Å². The summed E-state index contributed by atoms with van der Waals surface area (Å²) in [7, 11) is 1.61. The van der Waals surface area contributed by atoms with Crippen molar-refractivity contribution in [3.05, 3.63) is 125 Å². The van der Waals surface area contributed by atoms with Gasteiger partial charge in [-0.25, -0.2) is 0 Å². The van der Waals surface area contributed by atoms with Crippen LogP contribution < -0.4 is 15.4 Å². The molecule has 0 bridgehead atoms. The maximum absolute atomic E-state index is 13.1. The van der Waals surface area contributed by atoms with E-state index in [4.69, 9.17) is 4.74 Å². The lowest BCUT2D eigenvalue weighted by Gasteiger charge is -2.10. The van der Waals surface area contributed by atoms with Crippen molar-refractivity contribution < 1.29 is 14.3 Å². The van der Waals surface area contributed by atoms with E-state index in [9.17, 15) is 9.59 Å². The predicted molar refractivity (Wildman–Crippen MR) is 153 cm³/mol. The fourth-order valence-electron chi connectivity index (χ4n) is 4.58. The first kappa shape index (κ1) is 25.7. The minimum absolute atomic E-state index is 0.135. The van der Waals surface area contributed by atoms with Crippen LogP contribution in [0.1, 0.15) is 43.2 Å². The molecule has 5 aromatic rings. The Kier molecular flexibility index (Phi) is 7.41. The third kappa shape index (κ3) is 5.67. The van der Waals surface area contributed by atoms with Crippen LogP contribution in [0, 0.1) is 13.8 Å². The highest BCUT2D eigenvalue weighted by molar-refractivity contribution is 6.04. The second-order valence-electron chi connectivity index (χ2n) is 9.40. The zero-order chi connectivity index (χ0) is 27.4. The minimum Gasteiger partial charge on any atom is -0.488 e. The number of nitrogens with one attached hydrogen (secondary N) is 2. The summed E-state index contributed by atoms with van der Waals surface area (Å²) in [6, 6.07) is 29.0. The number of nitrogens with zero attached hydrogens (tertiary/aromatic N) is 2. The van der Waals surface area contributed by atoms with E-state index < -0.39 is 0 Å². The summed E-state index contributed by atoms with van der Waals surface area (Å²) in [6.45, 7) is 4.68. The summed E-state index contributed by atoms with van der Waals surface area (Å²) in [6.07, 6.45) is 0. The maximum Gasteiger partial charge on any atom is 0.255 e. The van der Waals surface area contributed by atoms with Crippen molar-refractivity contribution in [2.45, 2.75) is 27.0 Å². The van der Waals surface area contributed by atoms with Crippen LogP contribution in [0.3, 0.4) is 0 Å². The molecule has 5 rings (SSSR count). The SMILES string of the molecule is CNC(=O)c1cccc(Cn2nc(C)c(NC(=O)c3ccc(COc4cccc5ccccc45)cc3)c2C)c1. The quantitative estimate of drug-likeness (QED) is 0.268. The molecule has 0 saturated heterocycles. The highest BCUT2D eigenvalue weighted by Gasteiger charge is 2.16. The number of hydrogen-bond acceptors (Lipinski definition) is 4.